The Labute approximate surface area is 200 Å². The number of nitrogens with zero attached hydrogens (tertiary/aromatic N) is 1. The summed E-state index contributed by atoms with van der Waals surface area (Å²) in [7, 11) is -3.74. The molecule has 2 N–H and O–H groups in total. The fourth-order valence-electron chi connectivity index (χ4n) is 7.34. The predicted molar refractivity (Wildman–Crippen MR) is 125 cm³/mol. The standard InChI is InChI=1S/C25H34FN3O4S/c26-20-1-3-22(4-2-20)34(32,33)28-21-5-7-29(8-6-21)24(31)16-27-23(30)15-25-12-17-9-18(13-25)11-19(10-17)14-25/h1-4,17-19,21,28H,5-16H2,(H,27,30). The number of hydrogen-bond donors (Lipinski definition) is 2. The molecule has 4 saturated carbocycles. The zero-order chi connectivity index (χ0) is 23.9. The summed E-state index contributed by atoms with van der Waals surface area (Å²) in [6.07, 6.45) is 9.06. The summed E-state index contributed by atoms with van der Waals surface area (Å²) in [5.74, 6) is 1.75. The van der Waals surface area contributed by atoms with E-state index in [1.165, 1.54) is 50.7 Å². The van der Waals surface area contributed by atoms with Crippen molar-refractivity contribution in [3.8, 4) is 0 Å². The molecule has 5 aliphatic rings. The number of sulfonamides is 1. The van der Waals surface area contributed by atoms with E-state index in [4.69, 9.17) is 0 Å². The molecule has 2 amide bonds. The van der Waals surface area contributed by atoms with Gasteiger partial charge in [-0.3, -0.25) is 9.59 Å². The molecule has 1 saturated heterocycles. The number of piperidine rings is 1. The van der Waals surface area contributed by atoms with Gasteiger partial charge >= 0.3 is 0 Å². The molecule has 0 spiro atoms. The fraction of sp³-hybridized carbons (Fsp3) is 0.680. The molecule has 5 fully saturated rings. The maximum atomic E-state index is 13.1. The van der Waals surface area contributed by atoms with Gasteiger partial charge in [-0.25, -0.2) is 17.5 Å². The average Bonchev–Trinajstić information content (AvgIpc) is 2.77. The van der Waals surface area contributed by atoms with Crippen molar-refractivity contribution in [1.82, 2.24) is 14.9 Å². The third-order valence-corrected chi connectivity index (χ3v) is 9.97. The first-order valence-corrected chi connectivity index (χ1v) is 14.0. The quantitative estimate of drug-likeness (QED) is 0.613. The predicted octanol–water partition coefficient (Wildman–Crippen LogP) is 2.82. The maximum Gasteiger partial charge on any atom is 0.241 e. The molecule has 4 bridgehead atoms. The van der Waals surface area contributed by atoms with E-state index in [1.807, 2.05) is 0 Å². The van der Waals surface area contributed by atoms with Gasteiger partial charge in [-0.05, 0) is 98.8 Å². The SMILES string of the molecule is O=C(CC12CC3CC(CC(C3)C1)C2)NCC(=O)N1CCC(NS(=O)(=O)c2ccc(F)cc2)CC1. The van der Waals surface area contributed by atoms with Crippen molar-refractivity contribution in [2.45, 2.75) is 68.7 Å². The number of halogens is 1. The van der Waals surface area contributed by atoms with Gasteiger partial charge in [-0.2, -0.15) is 0 Å². The summed E-state index contributed by atoms with van der Waals surface area (Å²) in [4.78, 5) is 27.1. The Bertz CT molecular complexity index is 999. The second-order valence-electron chi connectivity index (χ2n) is 11.1. The van der Waals surface area contributed by atoms with Crippen LogP contribution in [0.2, 0.25) is 0 Å². The van der Waals surface area contributed by atoms with Crippen LogP contribution in [0.4, 0.5) is 4.39 Å². The average molecular weight is 492 g/mol. The summed E-state index contributed by atoms with van der Waals surface area (Å²) in [6, 6.07) is 4.43. The number of nitrogens with one attached hydrogen (secondary N) is 2. The van der Waals surface area contributed by atoms with Crippen molar-refractivity contribution in [3.63, 3.8) is 0 Å². The van der Waals surface area contributed by atoms with E-state index in [1.54, 1.807) is 4.90 Å². The number of hydrogen-bond acceptors (Lipinski definition) is 4. The molecule has 0 aromatic heterocycles. The molecule has 7 nitrogen and oxygen atoms in total. The van der Waals surface area contributed by atoms with E-state index in [0.717, 1.165) is 29.9 Å². The minimum atomic E-state index is -3.74. The van der Waals surface area contributed by atoms with Crippen LogP contribution in [0.1, 0.15) is 57.8 Å². The lowest BCUT2D eigenvalue weighted by Crippen LogP contribution is -2.50. The zero-order valence-corrected chi connectivity index (χ0v) is 20.3. The summed E-state index contributed by atoms with van der Waals surface area (Å²) in [5.41, 5.74) is 0.155. The molecular weight excluding hydrogens is 457 g/mol. The Morgan fingerprint density at radius 3 is 2.09 bits per heavy atom. The Morgan fingerprint density at radius 2 is 1.53 bits per heavy atom. The van der Waals surface area contributed by atoms with Gasteiger partial charge in [0.05, 0.1) is 11.4 Å². The van der Waals surface area contributed by atoms with E-state index >= 15 is 0 Å². The van der Waals surface area contributed by atoms with Crippen LogP contribution in [0.15, 0.2) is 29.2 Å². The topological polar surface area (TPSA) is 95.6 Å². The summed E-state index contributed by atoms with van der Waals surface area (Å²) < 4.78 is 40.7. The molecule has 1 aromatic carbocycles. The smallest absolute Gasteiger partial charge is 0.241 e. The number of carbonyl (C=O) groups excluding carboxylic acids is 2. The van der Waals surface area contributed by atoms with Crippen LogP contribution in [0.25, 0.3) is 0 Å². The second kappa shape index (κ2) is 9.22. The molecule has 4 aliphatic carbocycles. The molecule has 34 heavy (non-hydrogen) atoms. The lowest BCUT2D eigenvalue weighted by atomic mass is 9.49. The molecule has 6 rings (SSSR count). The lowest BCUT2D eigenvalue weighted by Gasteiger charge is -2.56. The number of carbonyl (C=O) groups is 2. The van der Waals surface area contributed by atoms with Crippen LogP contribution in [-0.4, -0.2) is 50.8 Å². The van der Waals surface area contributed by atoms with E-state index in [2.05, 4.69) is 10.0 Å². The van der Waals surface area contributed by atoms with Crippen LogP contribution in [0.3, 0.4) is 0 Å². The summed E-state index contributed by atoms with van der Waals surface area (Å²) in [5, 5.41) is 2.86. The summed E-state index contributed by atoms with van der Waals surface area (Å²) in [6.45, 7) is 0.859. The third kappa shape index (κ3) is 5.15. The number of benzene rings is 1. The van der Waals surface area contributed by atoms with E-state index < -0.39 is 15.8 Å². The second-order valence-corrected chi connectivity index (χ2v) is 12.8. The monoisotopic (exact) mass is 491 g/mol. The highest BCUT2D eigenvalue weighted by Crippen LogP contribution is 2.61. The van der Waals surface area contributed by atoms with Crippen molar-refractivity contribution >= 4 is 21.8 Å². The highest BCUT2D eigenvalue weighted by molar-refractivity contribution is 7.89. The Balaban J connectivity index is 1.06. The minimum Gasteiger partial charge on any atom is -0.347 e. The lowest BCUT2D eigenvalue weighted by molar-refractivity contribution is -0.136. The van der Waals surface area contributed by atoms with Gasteiger partial charge in [-0.1, -0.05) is 0 Å². The molecular formula is C25H34FN3O4S. The molecule has 1 aliphatic heterocycles. The molecule has 9 heteroatoms. The van der Waals surface area contributed by atoms with Crippen molar-refractivity contribution < 1.29 is 22.4 Å². The first-order valence-electron chi connectivity index (χ1n) is 12.5. The Morgan fingerprint density at radius 1 is 0.971 bits per heavy atom. The van der Waals surface area contributed by atoms with Crippen LogP contribution < -0.4 is 10.0 Å². The van der Waals surface area contributed by atoms with Gasteiger partial charge in [0.15, 0.2) is 0 Å². The van der Waals surface area contributed by atoms with Crippen LogP contribution in [0, 0.1) is 29.0 Å². The molecule has 1 heterocycles. The van der Waals surface area contributed by atoms with Gasteiger partial charge < -0.3 is 10.2 Å². The van der Waals surface area contributed by atoms with Gasteiger partial charge in [-0.15, -0.1) is 0 Å². The van der Waals surface area contributed by atoms with Gasteiger partial charge in [0.25, 0.3) is 0 Å². The number of rotatable bonds is 7. The van der Waals surface area contributed by atoms with Crippen LogP contribution in [0.5, 0.6) is 0 Å². The first-order chi connectivity index (χ1) is 16.2. The zero-order valence-electron chi connectivity index (χ0n) is 19.5. The van der Waals surface area contributed by atoms with E-state index in [9.17, 15) is 22.4 Å². The van der Waals surface area contributed by atoms with Gasteiger partial charge in [0.2, 0.25) is 21.8 Å². The largest absolute Gasteiger partial charge is 0.347 e. The molecule has 0 radical (unpaired) electrons. The number of likely N-dealkylation sites (tertiary alicyclic amines) is 1. The first kappa shape index (κ1) is 23.7. The van der Waals surface area contributed by atoms with Crippen molar-refractivity contribution in [2.24, 2.45) is 23.2 Å². The van der Waals surface area contributed by atoms with E-state index in [0.29, 0.717) is 32.4 Å². The minimum absolute atomic E-state index is 0.00281. The fourth-order valence-corrected chi connectivity index (χ4v) is 8.65. The maximum absolute atomic E-state index is 13.1. The highest BCUT2D eigenvalue weighted by atomic mass is 32.2. The van der Waals surface area contributed by atoms with Crippen molar-refractivity contribution in [1.29, 1.82) is 0 Å². The van der Waals surface area contributed by atoms with Gasteiger partial charge in [0.1, 0.15) is 5.82 Å². The van der Waals surface area contributed by atoms with Crippen LogP contribution in [-0.2, 0) is 19.6 Å². The molecule has 0 atom stereocenters. The van der Waals surface area contributed by atoms with Crippen molar-refractivity contribution in [3.05, 3.63) is 30.1 Å². The van der Waals surface area contributed by atoms with Gasteiger partial charge in [0, 0.05) is 25.6 Å². The number of amides is 2. The third-order valence-electron chi connectivity index (χ3n) is 8.43. The normalized spacial score (nSPS) is 31.0. The summed E-state index contributed by atoms with van der Waals surface area (Å²) >= 11 is 0. The Kier molecular flexibility index (Phi) is 6.44. The van der Waals surface area contributed by atoms with E-state index in [-0.39, 0.29) is 34.7 Å². The van der Waals surface area contributed by atoms with Crippen LogP contribution >= 0.6 is 0 Å². The van der Waals surface area contributed by atoms with Crippen molar-refractivity contribution in [2.75, 3.05) is 19.6 Å². The highest BCUT2D eigenvalue weighted by Gasteiger charge is 2.51. The molecule has 186 valence electrons. The Hall–Kier alpha value is -2.00. The molecule has 1 aromatic rings. The molecule has 0 unspecified atom stereocenters.